The highest BCUT2D eigenvalue weighted by atomic mass is 16.5. The molecule has 2 rings (SSSR count). The lowest BCUT2D eigenvalue weighted by molar-refractivity contribution is -0.143. The van der Waals surface area contributed by atoms with Crippen molar-refractivity contribution in [1.82, 2.24) is 0 Å². The first kappa shape index (κ1) is 17.5. The Balaban J connectivity index is 1.90. The number of ether oxygens (including phenoxy) is 2. The van der Waals surface area contributed by atoms with E-state index in [1.165, 1.54) is 32.1 Å². The Hall–Kier alpha value is -1.84. The zero-order chi connectivity index (χ0) is 16.5. The van der Waals surface area contributed by atoms with E-state index in [9.17, 15) is 9.59 Å². The minimum atomic E-state index is -0.332. The van der Waals surface area contributed by atoms with E-state index in [0.29, 0.717) is 30.4 Å². The summed E-state index contributed by atoms with van der Waals surface area (Å²) in [4.78, 5) is 23.7. The van der Waals surface area contributed by atoms with E-state index < -0.39 is 0 Å². The van der Waals surface area contributed by atoms with Gasteiger partial charge in [-0.05, 0) is 37.8 Å². The highest BCUT2D eigenvalue weighted by Gasteiger charge is 2.17. The Morgan fingerprint density at radius 1 is 1.09 bits per heavy atom. The Bertz CT molecular complexity index is 518. The predicted octanol–water partition coefficient (Wildman–Crippen LogP) is 4.17. The number of ketones is 1. The molecule has 4 nitrogen and oxygen atoms in total. The van der Waals surface area contributed by atoms with E-state index in [4.69, 9.17) is 9.47 Å². The first-order valence-corrected chi connectivity index (χ1v) is 8.61. The average Bonchev–Trinajstić information content (AvgIpc) is 2.59. The third kappa shape index (κ3) is 5.70. The van der Waals surface area contributed by atoms with E-state index >= 15 is 0 Å². The first-order chi connectivity index (χ1) is 11.2. The zero-order valence-electron chi connectivity index (χ0n) is 13.9. The van der Waals surface area contributed by atoms with Gasteiger partial charge in [0.15, 0.2) is 5.78 Å². The summed E-state index contributed by atoms with van der Waals surface area (Å²) in [7, 11) is 0. The molecule has 0 aliphatic heterocycles. The Labute approximate surface area is 138 Å². The largest absolute Gasteiger partial charge is 0.493 e. The molecule has 1 aliphatic rings. The second-order valence-electron chi connectivity index (χ2n) is 6.04. The highest BCUT2D eigenvalue weighted by Crippen LogP contribution is 2.26. The van der Waals surface area contributed by atoms with Crippen LogP contribution in [-0.4, -0.2) is 25.0 Å². The minimum Gasteiger partial charge on any atom is -0.493 e. The van der Waals surface area contributed by atoms with E-state index in [-0.39, 0.29) is 24.6 Å². The summed E-state index contributed by atoms with van der Waals surface area (Å²) in [5, 5.41) is 0. The van der Waals surface area contributed by atoms with Crippen LogP contribution in [0.2, 0.25) is 0 Å². The van der Waals surface area contributed by atoms with Gasteiger partial charge < -0.3 is 9.47 Å². The maximum atomic E-state index is 12.3. The summed E-state index contributed by atoms with van der Waals surface area (Å²) in [6.07, 6.45) is 6.55. The maximum Gasteiger partial charge on any atom is 0.306 e. The maximum absolute atomic E-state index is 12.3. The van der Waals surface area contributed by atoms with Crippen molar-refractivity contribution in [2.24, 2.45) is 5.92 Å². The lowest BCUT2D eigenvalue weighted by atomic mass is 9.90. The fourth-order valence-corrected chi connectivity index (χ4v) is 2.97. The van der Waals surface area contributed by atoms with Crippen molar-refractivity contribution in [3.8, 4) is 5.75 Å². The van der Waals surface area contributed by atoms with Crippen LogP contribution in [0.1, 0.15) is 62.2 Å². The van der Waals surface area contributed by atoms with Crippen LogP contribution in [0.4, 0.5) is 0 Å². The molecule has 0 bridgehead atoms. The second-order valence-corrected chi connectivity index (χ2v) is 6.04. The number of carbonyl (C=O) groups excluding carboxylic acids is 2. The van der Waals surface area contributed by atoms with Crippen LogP contribution in [-0.2, 0) is 9.53 Å². The summed E-state index contributed by atoms with van der Waals surface area (Å²) in [6, 6.07) is 7.30. The molecule has 0 aromatic heterocycles. The predicted molar refractivity (Wildman–Crippen MR) is 88.7 cm³/mol. The lowest BCUT2D eigenvalue weighted by Gasteiger charge is -2.22. The quantitative estimate of drug-likeness (QED) is 0.533. The van der Waals surface area contributed by atoms with Crippen LogP contribution >= 0.6 is 0 Å². The molecule has 1 aromatic rings. The first-order valence-electron chi connectivity index (χ1n) is 8.61. The summed E-state index contributed by atoms with van der Waals surface area (Å²) in [6.45, 7) is 2.77. The normalized spacial score (nSPS) is 15.2. The Morgan fingerprint density at radius 2 is 1.83 bits per heavy atom. The molecule has 23 heavy (non-hydrogen) atoms. The number of carbonyl (C=O) groups is 2. The number of rotatable bonds is 8. The molecule has 1 aromatic carbocycles. The van der Waals surface area contributed by atoms with Gasteiger partial charge in [-0.25, -0.2) is 0 Å². The SMILES string of the molecule is CCOC(=O)CCC(=O)c1ccccc1OCC1CCCCC1. The van der Waals surface area contributed by atoms with Crippen molar-refractivity contribution in [2.45, 2.75) is 51.9 Å². The van der Waals surface area contributed by atoms with Crippen molar-refractivity contribution >= 4 is 11.8 Å². The molecule has 0 N–H and O–H groups in total. The summed E-state index contributed by atoms with van der Waals surface area (Å²) >= 11 is 0. The zero-order valence-corrected chi connectivity index (χ0v) is 13.9. The van der Waals surface area contributed by atoms with E-state index in [2.05, 4.69) is 0 Å². The number of benzene rings is 1. The van der Waals surface area contributed by atoms with Gasteiger partial charge in [-0.3, -0.25) is 9.59 Å². The fraction of sp³-hybridized carbons (Fsp3) is 0.579. The molecule has 0 amide bonds. The van der Waals surface area contributed by atoms with Gasteiger partial charge in [-0.2, -0.15) is 0 Å². The van der Waals surface area contributed by atoms with Gasteiger partial charge in [0.05, 0.1) is 25.2 Å². The van der Waals surface area contributed by atoms with E-state index in [1.54, 1.807) is 13.0 Å². The van der Waals surface area contributed by atoms with Gasteiger partial charge in [0.1, 0.15) is 5.75 Å². The summed E-state index contributed by atoms with van der Waals surface area (Å²) in [5.74, 6) is 0.817. The molecule has 0 heterocycles. The molecule has 4 heteroatoms. The van der Waals surface area contributed by atoms with Gasteiger partial charge in [-0.15, -0.1) is 0 Å². The van der Waals surface area contributed by atoms with Gasteiger partial charge >= 0.3 is 5.97 Å². The standard InChI is InChI=1S/C19H26O4/c1-2-22-19(21)13-12-17(20)16-10-6-7-11-18(16)23-14-15-8-4-3-5-9-15/h6-7,10-11,15H,2-5,8-9,12-14H2,1H3. The highest BCUT2D eigenvalue weighted by molar-refractivity contribution is 5.99. The van der Waals surface area contributed by atoms with Crippen molar-refractivity contribution in [3.05, 3.63) is 29.8 Å². The number of hydrogen-bond donors (Lipinski definition) is 0. The average molecular weight is 318 g/mol. The Morgan fingerprint density at radius 3 is 2.57 bits per heavy atom. The molecule has 0 spiro atoms. The van der Waals surface area contributed by atoms with Gasteiger partial charge in [0.2, 0.25) is 0 Å². The summed E-state index contributed by atoms with van der Waals surface area (Å²) < 4.78 is 10.8. The molecule has 0 saturated heterocycles. The Kier molecular flexibility index (Phi) is 7.11. The number of hydrogen-bond acceptors (Lipinski definition) is 4. The van der Waals surface area contributed by atoms with Gasteiger partial charge in [0.25, 0.3) is 0 Å². The second kappa shape index (κ2) is 9.33. The van der Waals surface area contributed by atoms with Crippen molar-refractivity contribution in [2.75, 3.05) is 13.2 Å². The van der Waals surface area contributed by atoms with Crippen LogP contribution in [0.15, 0.2) is 24.3 Å². The number of Topliss-reactive ketones (excluding diaryl/α,β-unsaturated/α-hetero) is 1. The topological polar surface area (TPSA) is 52.6 Å². The smallest absolute Gasteiger partial charge is 0.306 e. The third-order valence-corrected chi connectivity index (χ3v) is 4.25. The van der Waals surface area contributed by atoms with Crippen molar-refractivity contribution < 1.29 is 19.1 Å². The number of para-hydroxylation sites is 1. The van der Waals surface area contributed by atoms with Crippen molar-refractivity contribution in [1.29, 1.82) is 0 Å². The van der Waals surface area contributed by atoms with Crippen LogP contribution in [0, 0.1) is 5.92 Å². The van der Waals surface area contributed by atoms with Gasteiger partial charge in [-0.1, -0.05) is 31.4 Å². The molecule has 1 fully saturated rings. The molecule has 0 unspecified atom stereocenters. The number of esters is 1. The molecule has 0 radical (unpaired) electrons. The molecule has 1 aliphatic carbocycles. The molecule has 126 valence electrons. The van der Waals surface area contributed by atoms with Crippen LogP contribution in [0.3, 0.4) is 0 Å². The minimum absolute atomic E-state index is 0.0719. The third-order valence-electron chi connectivity index (χ3n) is 4.25. The molecular weight excluding hydrogens is 292 g/mol. The van der Waals surface area contributed by atoms with Crippen LogP contribution in [0.25, 0.3) is 0 Å². The summed E-state index contributed by atoms with van der Waals surface area (Å²) in [5.41, 5.74) is 0.563. The molecule has 1 saturated carbocycles. The van der Waals surface area contributed by atoms with Crippen molar-refractivity contribution in [3.63, 3.8) is 0 Å². The molecular formula is C19H26O4. The van der Waals surface area contributed by atoms with E-state index in [0.717, 1.165) is 0 Å². The lowest BCUT2D eigenvalue weighted by Crippen LogP contribution is -2.16. The monoisotopic (exact) mass is 318 g/mol. The van der Waals surface area contributed by atoms with Crippen LogP contribution in [0.5, 0.6) is 5.75 Å². The fourth-order valence-electron chi connectivity index (χ4n) is 2.97. The molecule has 0 atom stereocenters. The van der Waals surface area contributed by atoms with Crippen LogP contribution < -0.4 is 4.74 Å². The van der Waals surface area contributed by atoms with E-state index in [1.807, 2.05) is 18.2 Å². The van der Waals surface area contributed by atoms with Gasteiger partial charge in [0, 0.05) is 6.42 Å².